The normalized spacial score (nSPS) is 22.7. The highest BCUT2D eigenvalue weighted by Gasteiger charge is 2.37. The molecule has 1 saturated carbocycles. The van der Waals surface area contributed by atoms with Crippen molar-refractivity contribution in [3.8, 4) is 0 Å². The molecule has 1 fully saturated rings. The molecule has 28 heavy (non-hydrogen) atoms. The molecular formula is C21H23FN4O2. The monoisotopic (exact) mass is 382 g/mol. The molecule has 0 spiro atoms. The van der Waals surface area contributed by atoms with Crippen molar-refractivity contribution in [3.63, 3.8) is 0 Å². The first-order valence-corrected chi connectivity index (χ1v) is 9.67. The van der Waals surface area contributed by atoms with Crippen molar-refractivity contribution >= 4 is 11.3 Å². The van der Waals surface area contributed by atoms with Crippen molar-refractivity contribution in [2.45, 2.75) is 50.7 Å². The number of aromatic nitrogens is 3. The standard InChI is InChI=1S/C21H23FN4O2/c1-21(2)11-23-17-8-13(7-12-3-5-14(22)6-4-12)19-24-26(15-9-16(27)10-15)20(28)25(19)18(17)21/h3-6,8,15-16,23,27H,7,9-11H2,1-2H3. The first-order valence-electron chi connectivity index (χ1n) is 9.67. The molecular weight excluding hydrogens is 359 g/mol. The van der Waals surface area contributed by atoms with E-state index < -0.39 is 0 Å². The van der Waals surface area contributed by atoms with Crippen LogP contribution in [0.15, 0.2) is 35.1 Å². The number of benzene rings is 1. The number of anilines is 1. The smallest absolute Gasteiger partial charge is 0.350 e. The van der Waals surface area contributed by atoms with E-state index in [1.807, 2.05) is 0 Å². The largest absolute Gasteiger partial charge is 0.393 e. The molecule has 1 aliphatic carbocycles. The molecule has 2 aromatic heterocycles. The second-order valence-corrected chi connectivity index (χ2v) is 8.64. The van der Waals surface area contributed by atoms with Crippen LogP contribution in [-0.2, 0) is 11.8 Å². The summed E-state index contributed by atoms with van der Waals surface area (Å²) in [6, 6.07) is 8.41. The van der Waals surface area contributed by atoms with Crippen LogP contribution in [0.3, 0.4) is 0 Å². The molecule has 1 aliphatic heterocycles. The summed E-state index contributed by atoms with van der Waals surface area (Å²) in [5, 5.41) is 17.8. The molecule has 0 amide bonds. The van der Waals surface area contributed by atoms with Crippen LogP contribution in [0.4, 0.5) is 10.1 Å². The second-order valence-electron chi connectivity index (χ2n) is 8.64. The predicted molar refractivity (Wildman–Crippen MR) is 104 cm³/mol. The van der Waals surface area contributed by atoms with E-state index in [4.69, 9.17) is 0 Å². The third-order valence-corrected chi connectivity index (χ3v) is 5.99. The minimum atomic E-state index is -0.357. The molecule has 1 aromatic carbocycles. The Labute approximate surface area is 161 Å². The molecule has 0 bridgehead atoms. The minimum absolute atomic E-state index is 0.0609. The summed E-state index contributed by atoms with van der Waals surface area (Å²) in [7, 11) is 0. The Balaban J connectivity index is 1.70. The van der Waals surface area contributed by atoms with Crippen LogP contribution in [0.2, 0.25) is 0 Å². The SMILES string of the molecule is CC1(C)CNc2cc(Cc3ccc(F)cc3)c3nn(C4CC(O)C4)c(=O)n3c21. The fraction of sp³-hybridized carbons (Fsp3) is 0.429. The fourth-order valence-corrected chi connectivity index (χ4v) is 4.37. The number of rotatable bonds is 3. The lowest BCUT2D eigenvalue weighted by Gasteiger charge is -2.30. The second kappa shape index (κ2) is 5.91. The molecule has 3 heterocycles. The lowest BCUT2D eigenvalue weighted by Crippen LogP contribution is -2.37. The van der Waals surface area contributed by atoms with Crippen molar-refractivity contribution in [2.24, 2.45) is 0 Å². The molecule has 3 aromatic rings. The number of nitrogens with zero attached hydrogens (tertiary/aromatic N) is 3. The number of aliphatic hydroxyl groups is 1. The number of pyridine rings is 1. The van der Waals surface area contributed by atoms with Crippen molar-refractivity contribution in [3.05, 3.63) is 63.5 Å². The van der Waals surface area contributed by atoms with Gasteiger partial charge in [-0.15, -0.1) is 5.10 Å². The zero-order chi connectivity index (χ0) is 19.6. The fourth-order valence-electron chi connectivity index (χ4n) is 4.37. The molecule has 0 radical (unpaired) electrons. The highest BCUT2D eigenvalue weighted by atomic mass is 19.1. The van der Waals surface area contributed by atoms with Crippen LogP contribution in [0, 0.1) is 5.82 Å². The summed E-state index contributed by atoms with van der Waals surface area (Å²) in [5.74, 6) is -0.268. The molecule has 0 saturated heterocycles. The average Bonchev–Trinajstić information content (AvgIpc) is 3.11. The highest BCUT2D eigenvalue weighted by molar-refractivity contribution is 5.66. The number of hydrogen-bond acceptors (Lipinski definition) is 4. The van der Waals surface area contributed by atoms with Crippen LogP contribution in [0.1, 0.15) is 49.6 Å². The van der Waals surface area contributed by atoms with Crippen molar-refractivity contribution < 1.29 is 9.50 Å². The van der Waals surface area contributed by atoms with Crippen molar-refractivity contribution in [1.29, 1.82) is 0 Å². The molecule has 2 N–H and O–H groups in total. The Morgan fingerprint density at radius 3 is 2.68 bits per heavy atom. The van der Waals surface area contributed by atoms with Gasteiger partial charge in [0.2, 0.25) is 0 Å². The van der Waals surface area contributed by atoms with E-state index >= 15 is 0 Å². The van der Waals surface area contributed by atoms with Gasteiger partial charge in [0.15, 0.2) is 5.65 Å². The molecule has 0 atom stereocenters. The van der Waals surface area contributed by atoms with E-state index in [0.717, 1.165) is 29.1 Å². The molecule has 2 aliphatic rings. The molecule has 5 rings (SSSR count). The number of halogens is 1. The molecule has 6 nitrogen and oxygen atoms in total. The van der Waals surface area contributed by atoms with Gasteiger partial charge in [-0.25, -0.2) is 18.3 Å². The van der Waals surface area contributed by atoms with Gasteiger partial charge < -0.3 is 10.4 Å². The van der Waals surface area contributed by atoms with Crippen LogP contribution in [0.5, 0.6) is 0 Å². The van der Waals surface area contributed by atoms with E-state index in [0.29, 0.717) is 24.9 Å². The van der Waals surface area contributed by atoms with Gasteiger partial charge in [0, 0.05) is 23.9 Å². The van der Waals surface area contributed by atoms with Crippen molar-refractivity contribution in [2.75, 3.05) is 11.9 Å². The van der Waals surface area contributed by atoms with E-state index in [2.05, 4.69) is 30.3 Å². The van der Waals surface area contributed by atoms with E-state index in [9.17, 15) is 14.3 Å². The van der Waals surface area contributed by atoms with Crippen LogP contribution < -0.4 is 11.0 Å². The summed E-state index contributed by atoms with van der Waals surface area (Å²) in [6.45, 7) is 4.97. The lowest BCUT2D eigenvalue weighted by molar-refractivity contribution is 0.0419. The molecule has 7 heteroatoms. The average molecular weight is 382 g/mol. The van der Waals surface area contributed by atoms with Gasteiger partial charge in [0.05, 0.1) is 23.5 Å². The maximum Gasteiger partial charge on any atom is 0.350 e. The van der Waals surface area contributed by atoms with Gasteiger partial charge >= 0.3 is 5.69 Å². The summed E-state index contributed by atoms with van der Waals surface area (Å²) < 4.78 is 16.5. The van der Waals surface area contributed by atoms with Gasteiger partial charge in [-0.05, 0) is 36.6 Å². The van der Waals surface area contributed by atoms with Crippen LogP contribution in [-0.4, -0.2) is 31.9 Å². The Kier molecular flexibility index (Phi) is 3.68. The summed E-state index contributed by atoms with van der Waals surface area (Å²) in [5.41, 5.74) is 4.07. The van der Waals surface area contributed by atoms with E-state index in [1.165, 1.54) is 16.8 Å². The maximum absolute atomic E-state index is 13.3. The summed E-state index contributed by atoms with van der Waals surface area (Å²) in [6.07, 6.45) is 1.31. The Bertz CT molecular complexity index is 1120. The lowest BCUT2D eigenvalue weighted by atomic mass is 9.90. The first-order chi connectivity index (χ1) is 13.3. The zero-order valence-corrected chi connectivity index (χ0v) is 15.9. The number of hydrogen-bond donors (Lipinski definition) is 2. The number of nitrogens with one attached hydrogen (secondary N) is 1. The molecule has 0 unspecified atom stereocenters. The predicted octanol–water partition coefficient (Wildman–Crippen LogP) is 2.62. The van der Waals surface area contributed by atoms with Gasteiger partial charge in [0.25, 0.3) is 0 Å². The van der Waals surface area contributed by atoms with Gasteiger partial charge in [0.1, 0.15) is 5.82 Å². The third kappa shape index (κ3) is 2.57. The third-order valence-electron chi connectivity index (χ3n) is 5.99. The van der Waals surface area contributed by atoms with Gasteiger partial charge in [-0.3, -0.25) is 0 Å². The zero-order valence-electron chi connectivity index (χ0n) is 15.9. The highest BCUT2D eigenvalue weighted by Crippen LogP contribution is 2.38. The van der Waals surface area contributed by atoms with Crippen LogP contribution >= 0.6 is 0 Å². The van der Waals surface area contributed by atoms with Gasteiger partial charge in [-0.1, -0.05) is 26.0 Å². The minimum Gasteiger partial charge on any atom is -0.393 e. The van der Waals surface area contributed by atoms with Crippen LogP contribution in [0.25, 0.3) is 5.65 Å². The van der Waals surface area contributed by atoms with E-state index in [1.54, 1.807) is 16.5 Å². The Morgan fingerprint density at radius 2 is 2.00 bits per heavy atom. The summed E-state index contributed by atoms with van der Waals surface area (Å²) >= 11 is 0. The first kappa shape index (κ1) is 17.4. The quantitative estimate of drug-likeness (QED) is 0.731. The van der Waals surface area contributed by atoms with Gasteiger partial charge in [-0.2, -0.15) is 0 Å². The van der Waals surface area contributed by atoms with E-state index in [-0.39, 0.29) is 29.1 Å². The maximum atomic E-state index is 13.3. The topological polar surface area (TPSA) is 71.6 Å². The molecule has 146 valence electrons. The summed E-state index contributed by atoms with van der Waals surface area (Å²) in [4.78, 5) is 13.3. The van der Waals surface area contributed by atoms with Crippen molar-refractivity contribution in [1.82, 2.24) is 14.2 Å². The Morgan fingerprint density at radius 1 is 1.29 bits per heavy atom. The number of fused-ring (bicyclic) bond motifs is 3. The number of aliphatic hydroxyl groups excluding tert-OH is 1. The Hall–Kier alpha value is -2.67.